The molecule has 3 aliphatic rings. The highest BCUT2D eigenvalue weighted by molar-refractivity contribution is 7.89. The van der Waals surface area contributed by atoms with Crippen molar-refractivity contribution in [2.45, 2.75) is 82.2 Å². The normalized spacial score (nSPS) is 26.9. The smallest absolute Gasteiger partial charge is 0.246 e. The van der Waals surface area contributed by atoms with E-state index in [0.29, 0.717) is 24.3 Å². The summed E-state index contributed by atoms with van der Waals surface area (Å²) in [7, 11) is -3.66. The lowest BCUT2D eigenvalue weighted by molar-refractivity contribution is -0.138. The summed E-state index contributed by atoms with van der Waals surface area (Å²) in [6.07, 6.45) is 8.12. The second kappa shape index (κ2) is 8.96. The molecular formula is C21H34N4O4S. The van der Waals surface area contributed by atoms with Crippen LogP contribution in [0.3, 0.4) is 0 Å². The number of amides is 1. The van der Waals surface area contributed by atoms with Crippen LogP contribution in [0.15, 0.2) is 9.42 Å². The van der Waals surface area contributed by atoms with Crippen molar-refractivity contribution >= 4 is 15.9 Å². The highest BCUT2D eigenvalue weighted by Gasteiger charge is 2.35. The van der Waals surface area contributed by atoms with Gasteiger partial charge < -0.3 is 9.42 Å². The molecule has 2 heterocycles. The average molecular weight is 439 g/mol. The summed E-state index contributed by atoms with van der Waals surface area (Å²) in [5, 5.41) is 3.75. The molecular weight excluding hydrogens is 404 g/mol. The summed E-state index contributed by atoms with van der Waals surface area (Å²) in [5.74, 6) is 0.580. The minimum Gasteiger partial charge on any atom is -0.360 e. The summed E-state index contributed by atoms with van der Waals surface area (Å²) in [6, 6.07) is 0.579. The van der Waals surface area contributed by atoms with Gasteiger partial charge in [-0.15, -0.1) is 0 Å². The van der Waals surface area contributed by atoms with E-state index in [0.717, 1.165) is 45.1 Å². The van der Waals surface area contributed by atoms with Crippen LogP contribution in [0.4, 0.5) is 0 Å². The topological polar surface area (TPSA) is 95.8 Å². The van der Waals surface area contributed by atoms with E-state index in [2.05, 4.69) is 14.8 Å². The summed E-state index contributed by atoms with van der Waals surface area (Å²) in [6.45, 7) is 6.87. The first-order valence-corrected chi connectivity index (χ1v) is 12.8. The monoisotopic (exact) mass is 438 g/mol. The number of carbonyl (C=O) groups excluding carboxylic acids is 1. The Hall–Kier alpha value is -1.45. The number of hydrogen-bond donors (Lipinski definition) is 1. The highest BCUT2D eigenvalue weighted by Crippen LogP contribution is 2.29. The SMILES string of the molecule is Cc1noc(C)c1S(=O)(=O)N[C@H]1CC[C@H](C(=O)N2CCN(C3CCCC3)CC2)CC1. The van der Waals surface area contributed by atoms with Gasteiger partial charge >= 0.3 is 0 Å². The van der Waals surface area contributed by atoms with Crippen LogP contribution < -0.4 is 4.72 Å². The Labute approximate surface area is 179 Å². The number of aromatic nitrogens is 1. The first-order chi connectivity index (χ1) is 14.3. The van der Waals surface area contributed by atoms with Gasteiger partial charge in [-0.3, -0.25) is 9.69 Å². The molecule has 30 heavy (non-hydrogen) atoms. The molecule has 1 aromatic heterocycles. The Kier molecular flexibility index (Phi) is 6.50. The number of aryl methyl sites for hydroxylation is 2. The molecule has 1 aromatic rings. The molecule has 8 nitrogen and oxygen atoms in total. The van der Waals surface area contributed by atoms with Gasteiger partial charge in [-0.1, -0.05) is 18.0 Å². The third-order valence-electron chi connectivity index (χ3n) is 7.10. The molecule has 3 fully saturated rings. The number of nitrogens with zero attached hydrogens (tertiary/aromatic N) is 3. The molecule has 2 saturated carbocycles. The number of nitrogens with one attached hydrogen (secondary N) is 1. The van der Waals surface area contributed by atoms with Crippen LogP contribution in [0.1, 0.15) is 62.8 Å². The lowest BCUT2D eigenvalue weighted by Crippen LogP contribution is -2.53. The van der Waals surface area contributed by atoms with Gasteiger partial charge in [0.15, 0.2) is 5.76 Å². The second-order valence-electron chi connectivity index (χ2n) is 9.12. The number of piperazine rings is 1. The van der Waals surface area contributed by atoms with Crippen LogP contribution in [0.2, 0.25) is 0 Å². The molecule has 1 N–H and O–H groups in total. The van der Waals surface area contributed by atoms with E-state index in [-0.39, 0.29) is 22.8 Å². The largest absolute Gasteiger partial charge is 0.360 e. The number of rotatable bonds is 5. The van der Waals surface area contributed by atoms with Gasteiger partial charge in [-0.25, -0.2) is 13.1 Å². The predicted molar refractivity (Wildman–Crippen MR) is 112 cm³/mol. The zero-order valence-corrected chi connectivity index (χ0v) is 18.9. The quantitative estimate of drug-likeness (QED) is 0.757. The van der Waals surface area contributed by atoms with Gasteiger partial charge in [0.2, 0.25) is 15.9 Å². The summed E-state index contributed by atoms with van der Waals surface area (Å²) < 4.78 is 33.2. The van der Waals surface area contributed by atoms with Crippen molar-refractivity contribution in [3.8, 4) is 0 Å². The fourth-order valence-electron chi connectivity index (χ4n) is 5.43. The summed E-state index contributed by atoms with van der Waals surface area (Å²) >= 11 is 0. The molecule has 1 amide bonds. The van der Waals surface area contributed by atoms with Crippen molar-refractivity contribution in [3.63, 3.8) is 0 Å². The molecule has 1 aliphatic heterocycles. The molecule has 4 rings (SSSR count). The van der Waals surface area contributed by atoms with Crippen LogP contribution in [0, 0.1) is 19.8 Å². The highest BCUT2D eigenvalue weighted by atomic mass is 32.2. The van der Waals surface area contributed by atoms with Gasteiger partial charge in [0, 0.05) is 44.2 Å². The standard InChI is InChI=1S/C21H34N4O4S/c1-15-20(16(2)29-22-15)30(27,28)23-18-9-7-17(8-10-18)21(26)25-13-11-24(12-14-25)19-5-3-4-6-19/h17-19,23H,3-14H2,1-2H3/t17-,18-. The zero-order valence-electron chi connectivity index (χ0n) is 18.1. The molecule has 0 spiro atoms. The molecule has 0 radical (unpaired) electrons. The Balaban J connectivity index is 1.26. The van der Waals surface area contributed by atoms with Crippen LogP contribution >= 0.6 is 0 Å². The lowest BCUT2D eigenvalue weighted by atomic mass is 9.85. The maximum atomic E-state index is 13.0. The van der Waals surface area contributed by atoms with E-state index in [1.54, 1.807) is 13.8 Å². The molecule has 0 bridgehead atoms. The van der Waals surface area contributed by atoms with E-state index in [9.17, 15) is 13.2 Å². The average Bonchev–Trinajstić information content (AvgIpc) is 3.38. The second-order valence-corrected chi connectivity index (χ2v) is 10.8. The van der Waals surface area contributed by atoms with E-state index in [1.165, 1.54) is 25.7 Å². The minimum atomic E-state index is -3.66. The lowest BCUT2D eigenvalue weighted by Gasteiger charge is -2.40. The van der Waals surface area contributed by atoms with Crippen molar-refractivity contribution in [1.29, 1.82) is 0 Å². The summed E-state index contributed by atoms with van der Waals surface area (Å²) in [5.41, 5.74) is 0.376. The molecule has 168 valence electrons. The maximum Gasteiger partial charge on any atom is 0.246 e. The van der Waals surface area contributed by atoms with Gasteiger partial charge in [0.05, 0.1) is 0 Å². The van der Waals surface area contributed by atoms with Crippen LogP contribution in [0.5, 0.6) is 0 Å². The Morgan fingerprint density at radius 3 is 2.20 bits per heavy atom. The van der Waals surface area contributed by atoms with Crippen LogP contribution in [-0.2, 0) is 14.8 Å². The van der Waals surface area contributed by atoms with Crippen LogP contribution in [-0.4, -0.2) is 67.5 Å². The van der Waals surface area contributed by atoms with Gasteiger partial charge in [0.25, 0.3) is 0 Å². The molecule has 9 heteroatoms. The number of carbonyl (C=O) groups is 1. The molecule has 2 aliphatic carbocycles. The van der Waals surface area contributed by atoms with E-state index >= 15 is 0 Å². The fourth-order valence-corrected chi connectivity index (χ4v) is 7.06. The third kappa shape index (κ3) is 4.57. The van der Waals surface area contributed by atoms with Gasteiger partial charge in [0.1, 0.15) is 10.6 Å². The Morgan fingerprint density at radius 2 is 1.63 bits per heavy atom. The fraction of sp³-hybridized carbons (Fsp3) is 0.810. The molecule has 0 unspecified atom stereocenters. The predicted octanol–water partition coefficient (Wildman–Crippen LogP) is 2.22. The summed E-state index contributed by atoms with van der Waals surface area (Å²) in [4.78, 5) is 17.7. The molecule has 1 saturated heterocycles. The van der Waals surface area contributed by atoms with Crippen molar-refractivity contribution < 1.29 is 17.7 Å². The van der Waals surface area contributed by atoms with E-state index in [4.69, 9.17) is 4.52 Å². The number of hydrogen-bond acceptors (Lipinski definition) is 6. The Bertz CT molecular complexity index is 827. The Morgan fingerprint density at radius 1 is 1.00 bits per heavy atom. The molecule has 0 aromatic carbocycles. The minimum absolute atomic E-state index is 0.0165. The van der Waals surface area contributed by atoms with Crippen molar-refractivity contribution in [3.05, 3.63) is 11.5 Å². The number of sulfonamides is 1. The van der Waals surface area contributed by atoms with E-state index in [1.807, 2.05) is 4.90 Å². The third-order valence-corrected chi connectivity index (χ3v) is 8.87. The van der Waals surface area contributed by atoms with E-state index < -0.39 is 10.0 Å². The van der Waals surface area contributed by atoms with Crippen molar-refractivity contribution in [2.24, 2.45) is 5.92 Å². The first kappa shape index (κ1) is 21.8. The first-order valence-electron chi connectivity index (χ1n) is 11.3. The van der Waals surface area contributed by atoms with Gasteiger partial charge in [-0.2, -0.15) is 0 Å². The maximum absolute atomic E-state index is 13.0. The van der Waals surface area contributed by atoms with Crippen molar-refractivity contribution in [2.75, 3.05) is 26.2 Å². The van der Waals surface area contributed by atoms with Crippen molar-refractivity contribution in [1.82, 2.24) is 19.7 Å². The molecule has 0 atom stereocenters. The van der Waals surface area contributed by atoms with Gasteiger partial charge in [-0.05, 0) is 52.4 Å². The van der Waals surface area contributed by atoms with Crippen LogP contribution in [0.25, 0.3) is 0 Å². The zero-order chi connectivity index (χ0) is 21.3.